The molecule has 1 unspecified atom stereocenters. The molecule has 11 heteroatoms. The highest BCUT2D eigenvalue weighted by Crippen LogP contribution is 2.33. The Morgan fingerprint density at radius 2 is 1.91 bits per heavy atom. The molecule has 2 fully saturated rings. The van der Waals surface area contributed by atoms with Gasteiger partial charge in [0.15, 0.2) is 0 Å². The Morgan fingerprint density at radius 3 is 2.57 bits per heavy atom. The second-order valence-electron chi connectivity index (χ2n) is 8.80. The maximum absolute atomic E-state index is 12.9. The fraction of sp³-hybridized carbons (Fsp3) is 0.500. The van der Waals surface area contributed by atoms with Gasteiger partial charge in [0.25, 0.3) is 5.91 Å². The van der Waals surface area contributed by atoms with E-state index in [2.05, 4.69) is 14.6 Å². The molecule has 4 rings (SSSR count). The summed E-state index contributed by atoms with van der Waals surface area (Å²) in [7, 11) is 0. The fourth-order valence-corrected chi connectivity index (χ4v) is 4.68. The van der Waals surface area contributed by atoms with Crippen LogP contribution in [0.15, 0.2) is 48.7 Å². The van der Waals surface area contributed by atoms with E-state index < -0.39 is 6.36 Å². The van der Waals surface area contributed by atoms with Gasteiger partial charge < -0.3 is 19.3 Å². The normalized spacial score (nSPS) is 20.0. The number of nitrogens with zero attached hydrogens (tertiary/aromatic N) is 3. The number of pyridine rings is 1. The van der Waals surface area contributed by atoms with E-state index in [0.717, 1.165) is 38.0 Å². The monoisotopic (exact) mass is 535 g/mol. The molecule has 2 aromatic rings. The van der Waals surface area contributed by atoms with Gasteiger partial charge in [-0.3, -0.25) is 9.78 Å². The van der Waals surface area contributed by atoms with Crippen LogP contribution in [0.25, 0.3) is 0 Å². The number of piperidine rings is 1. The highest BCUT2D eigenvalue weighted by atomic mass is 35.5. The summed E-state index contributed by atoms with van der Waals surface area (Å²) in [4.78, 5) is 21.3. The Hall–Kier alpha value is -2.07. The van der Waals surface area contributed by atoms with Crippen molar-refractivity contribution < 1.29 is 27.4 Å². The van der Waals surface area contributed by atoms with Crippen LogP contribution in [-0.2, 0) is 11.2 Å². The molecule has 1 spiro atoms. The van der Waals surface area contributed by atoms with Crippen LogP contribution in [0.1, 0.15) is 35.8 Å². The highest BCUT2D eigenvalue weighted by molar-refractivity contribution is 5.92. The fourth-order valence-electron chi connectivity index (χ4n) is 4.68. The molecular weight excluding hydrogens is 506 g/mol. The zero-order valence-electron chi connectivity index (χ0n) is 19.4. The van der Waals surface area contributed by atoms with E-state index in [1.54, 1.807) is 24.4 Å². The van der Waals surface area contributed by atoms with Crippen LogP contribution in [0.2, 0.25) is 0 Å². The van der Waals surface area contributed by atoms with Crippen LogP contribution >= 0.6 is 24.8 Å². The van der Waals surface area contributed by atoms with Crippen LogP contribution in [-0.4, -0.2) is 71.5 Å². The zero-order chi connectivity index (χ0) is 23.5. The molecule has 2 aliphatic rings. The van der Waals surface area contributed by atoms with Gasteiger partial charge in [-0.2, -0.15) is 0 Å². The average molecular weight is 536 g/mol. The Balaban J connectivity index is 0.00000216. The summed E-state index contributed by atoms with van der Waals surface area (Å²) in [5, 5.41) is 0. The van der Waals surface area contributed by atoms with Crippen molar-refractivity contribution in [3.8, 4) is 5.75 Å². The summed E-state index contributed by atoms with van der Waals surface area (Å²) in [6.07, 6.45) is -0.918. The minimum absolute atomic E-state index is 0. The topological polar surface area (TPSA) is 54.9 Å². The van der Waals surface area contributed by atoms with Crippen molar-refractivity contribution in [3.63, 3.8) is 0 Å². The van der Waals surface area contributed by atoms with Crippen molar-refractivity contribution in [2.45, 2.75) is 44.3 Å². The Morgan fingerprint density at radius 1 is 1.17 bits per heavy atom. The highest BCUT2D eigenvalue weighted by Gasteiger charge is 2.43. The number of aromatic nitrogens is 1. The SMILES string of the molecule is CC1CN(C(=O)c2ccccn2)CC2(CCN(CCc3cccc(OC(F)(F)F)c3)CC2)O1.Cl.Cl. The number of hydrogen-bond acceptors (Lipinski definition) is 5. The molecule has 0 N–H and O–H groups in total. The van der Waals surface area contributed by atoms with Crippen molar-refractivity contribution in [2.75, 3.05) is 32.7 Å². The molecule has 2 saturated heterocycles. The van der Waals surface area contributed by atoms with Crippen LogP contribution in [0.4, 0.5) is 13.2 Å². The Kier molecular flexibility index (Phi) is 10.2. The average Bonchev–Trinajstić information content (AvgIpc) is 2.77. The van der Waals surface area contributed by atoms with E-state index >= 15 is 0 Å². The molecule has 0 saturated carbocycles. The first kappa shape index (κ1) is 29.2. The van der Waals surface area contributed by atoms with E-state index in [0.29, 0.717) is 25.2 Å². The second kappa shape index (κ2) is 12.3. The third-order valence-corrected chi connectivity index (χ3v) is 6.19. The number of alkyl halides is 3. The summed E-state index contributed by atoms with van der Waals surface area (Å²) in [5.74, 6) is -0.270. The predicted molar refractivity (Wildman–Crippen MR) is 130 cm³/mol. The lowest BCUT2D eigenvalue weighted by molar-refractivity contribution is -0.274. The number of halogens is 5. The van der Waals surface area contributed by atoms with E-state index in [4.69, 9.17) is 4.74 Å². The molecule has 35 heavy (non-hydrogen) atoms. The minimum atomic E-state index is -4.69. The van der Waals surface area contributed by atoms with Gasteiger partial charge in [0.2, 0.25) is 0 Å². The predicted octanol–water partition coefficient (Wildman–Crippen LogP) is 4.76. The lowest BCUT2D eigenvalue weighted by Gasteiger charge is -2.49. The van der Waals surface area contributed by atoms with Crippen LogP contribution in [0.3, 0.4) is 0 Å². The summed E-state index contributed by atoms with van der Waals surface area (Å²) in [5.41, 5.74) is 0.863. The maximum Gasteiger partial charge on any atom is 0.573 e. The maximum atomic E-state index is 12.9. The van der Waals surface area contributed by atoms with Gasteiger partial charge in [-0.15, -0.1) is 38.0 Å². The molecule has 1 amide bonds. The molecule has 3 heterocycles. The summed E-state index contributed by atoms with van der Waals surface area (Å²) in [6, 6.07) is 11.5. The first-order chi connectivity index (χ1) is 15.7. The molecule has 1 aromatic carbocycles. The van der Waals surface area contributed by atoms with Crippen molar-refractivity contribution in [1.29, 1.82) is 0 Å². The van der Waals surface area contributed by atoms with Crippen molar-refractivity contribution in [1.82, 2.24) is 14.8 Å². The largest absolute Gasteiger partial charge is 0.573 e. The number of ether oxygens (including phenoxy) is 2. The standard InChI is InChI=1S/C24H28F3N3O3.2ClH/c1-18-16-30(22(31)21-7-2-3-11-28-21)17-23(32-18)9-13-29(14-10-23)12-8-19-5-4-6-20(15-19)33-24(25,26)27;;/h2-7,11,15,18H,8-10,12-14,16-17H2,1H3;2*1H. The number of morpholine rings is 1. The first-order valence-corrected chi connectivity index (χ1v) is 11.2. The van der Waals surface area contributed by atoms with E-state index in [1.807, 2.05) is 24.0 Å². The number of benzene rings is 1. The van der Waals surface area contributed by atoms with Crippen LogP contribution < -0.4 is 4.74 Å². The smallest absolute Gasteiger partial charge is 0.406 e. The number of carbonyl (C=O) groups excluding carboxylic acids is 1. The lowest BCUT2D eigenvalue weighted by Crippen LogP contribution is -2.60. The lowest BCUT2D eigenvalue weighted by atomic mass is 9.88. The second-order valence-corrected chi connectivity index (χ2v) is 8.80. The van der Waals surface area contributed by atoms with Gasteiger partial charge in [-0.25, -0.2) is 0 Å². The number of carbonyl (C=O) groups is 1. The first-order valence-electron chi connectivity index (χ1n) is 11.2. The van der Waals surface area contributed by atoms with Crippen molar-refractivity contribution in [3.05, 3.63) is 59.9 Å². The van der Waals surface area contributed by atoms with Crippen molar-refractivity contribution in [2.24, 2.45) is 0 Å². The van der Waals surface area contributed by atoms with Gasteiger partial charge in [0.1, 0.15) is 11.4 Å². The molecule has 1 atom stereocenters. The Labute approximate surface area is 215 Å². The summed E-state index contributed by atoms with van der Waals surface area (Å²) < 4.78 is 47.7. The molecule has 6 nitrogen and oxygen atoms in total. The number of hydrogen-bond donors (Lipinski definition) is 0. The van der Waals surface area contributed by atoms with Gasteiger partial charge in [-0.05, 0) is 56.0 Å². The number of amides is 1. The van der Waals surface area contributed by atoms with Gasteiger partial charge in [-0.1, -0.05) is 18.2 Å². The third-order valence-electron chi connectivity index (χ3n) is 6.19. The van der Waals surface area contributed by atoms with Gasteiger partial charge in [0.05, 0.1) is 18.2 Å². The van der Waals surface area contributed by atoms with E-state index in [-0.39, 0.29) is 48.2 Å². The van der Waals surface area contributed by atoms with E-state index in [9.17, 15) is 18.0 Å². The van der Waals surface area contributed by atoms with Crippen molar-refractivity contribution >= 4 is 30.7 Å². The van der Waals surface area contributed by atoms with Crippen LogP contribution in [0, 0.1) is 0 Å². The number of likely N-dealkylation sites (tertiary alicyclic amines) is 1. The molecule has 2 aliphatic heterocycles. The van der Waals surface area contributed by atoms with Gasteiger partial charge in [0, 0.05) is 32.4 Å². The van der Waals surface area contributed by atoms with Gasteiger partial charge >= 0.3 is 6.36 Å². The quantitative estimate of drug-likeness (QED) is 0.552. The number of rotatable bonds is 5. The summed E-state index contributed by atoms with van der Waals surface area (Å²) >= 11 is 0. The van der Waals surface area contributed by atoms with Crippen LogP contribution in [0.5, 0.6) is 5.75 Å². The molecular formula is C24H30Cl2F3N3O3. The van der Waals surface area contributed by atoms with E-state index in [1.165, 1.54) is 12.1 Å². The third kappa shape index (κ3) is 7.96. The minimum Gasteiger partial charge on any atom is -0.406 e. The molecule has 0 bridgehead atoms. The molecule has 194 valence electrons. The molecule has 1 aromatic heterocycles. The molecule has 0 aliphatic carbocycles. The summed E-state index contributed by atoms with van der Waals surface area (Å²) in [6.45, 7) is 5.41. The Bertz CT molecular complexity index is 958. The molecule has 0 radical (unpaired) electrons. The zero-order valence-corrected chi connectivity index (χ0v) is 21.0.